The Morgan fingerprint density at radius 3 is 2.46 bits per heavy atom. The van der Waals surface area contributed by atoms with Crippen molar-refractivity contribution in [1.82, 2.24) is 4.90 Å². The van der Waals surface area contributed by atoms with Gasteiger partial charge in [0.15, 0.2) is 9.84 Å². The smallest absolute Gasteiger partial charge is 0.223 e. The fraction of sp³-hybridized carbons (Fsp3) is 0.611. The van der Waals surface area contributed by atoms with E-state index in [1.807, 2.05) is 6.92 Å². The van der Waals surface area contributed by atoms with E-state index in [-0.39, 0.29) is 35.2 Å². The average Bonchev–Trinajstić information content (AvgIpc) is 2.88. The Kier molecular flexibility index (Phi) is 6.38. The third-order valence-electron chi connectivity index (χ3n) is 4.71. The van der Waals surface area contributed by atoms with Crippen molar-refractivity contribution in [2.75, 3.05) is 18.1 Å². The first kappa shape index (κ1) is 18.9. The highest BCUT2D eigenvalue weighted by atomic mass is 32.2. The molecular weight excluding hydrogens is 329 g/mol. The zero-order valence-electron chi connectivity index (χ0n) is 14.4. The molecule has 1 fully saturated rings. The molecule has 1 amide bonds. The molecule has 4 nitrogen and oxygen atoms in total. The van der Waals surface area contributed by atoms with Crippen molar-refractivity contribution in [3.8, 4) is 0 Å². The summed E-state index contributed by atoms with van der Waals surface area (Å²) in [5.41, 5.74) is 0.960. The molecule has 0 aliphatic carbocycles. The van der Waals surface area contributed by atoms with Gasteiger partial charge in [-0.25, -0.2) is 12.8 Å². The lowest BCUT2D eigenvalue weighted by atomic mass is 9.90. The second-order valence-corrected chi connectivity index (χ2v) is 8.71. The summed E-state index contributed by atoms with van der Waals surface area (Å²) in [6.45, 7) is 4.46. The fourth-order valence-electron chi connectivity index (χ4n) is 3.46. The number of hydrogen-bond acceptors (Lipinski definition) is 3. The number of benzene rings is 1. The summed E-state index contributed by atoms with van der Waals surface area (Å²) >= 11 is 0. The van der Waals surface area contributed by atoms with E-state index in [4.69, 9.17) is 0 Å². The summed E-state index contributed by atoms with van der Waals surface area (Å²) in [7, 11) is -3.02. The minimum Gasteiger partial charge on any atom is -0.339 e. The van der Waals surface area contributed by atoms with E-state index in [0.717, 1.165) is 18.4 Å². The van der Waals surface area contributed by atoms with Crippen LogP contribution in [0.1, 0.15) is 51.0 Å². The molecule has 0 N–H and O–H groups in total. The molecule has 1 heterocycles. The second-order valence-electron chi connectivity index (χ2n) is 6.48. The zero-order valence-corrected chi connectivity index (χ0v) is 15.2. The Bertz CT molecular complexity index is 657. The van der Waals surface area contributed by atoms with Crippen LogP contribution in [0.4, 0.5) is 4.39 Å². The van der Waals surface area contributed by atoms with E-state index >= 15 is 0 Å². The van der Waals surface area contributed by atoms with Gasteiger partial charge in [0.1, 0.15) is 5.82 Å². The minimum atomic E-state index is -3.02. The summed E-state index contributed by atoms with van der Waals surface area (Å²) in [6.07, 6.45) is 2.64. The van der Waals surface area contributed by atoms with Crippen LogP contribution < -0.4 is 0 Å². The van der Waals surface area contributed by atoms with Crippen LogP contribution in [0.2, 0.25) is 0 Å². The first-order valence-electron chi connectivity index (χ1n) is 8.61. The summed E-state index contributed by atoms with van der Waals surface area (Å²) in [6, 6.07) is 6.11. The second kappa shape index (κ2) is 8.10. The van der Waals surface area contributed by atoms with Crippen LogP contribution in [0.15, 0.2) is 24.3 Å². The van der Waals surface area contributed by atoms with Crippen molar-refractivity contribution in [3.05, 3.63) is 35.6 Å². The molecule has 1 aromatic carbocycles. The molecule has 134 valence electrons. The minimum absolute atomic E-state index is 0.0117. The topological polar surface area (TPSA) is 54.5 Å². The van der Waals surface area contributed by atoms with Crippen molar-refractivity contribution in [3.63, 3.8) is 0 Å². The quantitative estimate of drug-likeness (QED) is 0.755. The van der Waals surface area contributed by atoms with Gasteiger partial charge in [-0.1, -0.05) is 25.5 Å². The number of halogens is 1. The molecule has 1 aliphatic rings. The molecule has 2 rings (SSSR count). The number of carbonyl (C=O) groups is 1. The molecule has 24 heavy (non-hydrogen) atoms. The first-order chi connectivity index (χ1) is 11.4. The standard InChI is InChI=1S/C18H26FNO3S/c1-3-5-15(14-6-8-16(19)9-7-14)12-18(21)20(4-2)17-10-11-24(22,23)13-17/h6-9,15,17H,3-5,10-13H2,1-2H3. The fourth-order valence-corrected chi connectivity index (χ4v) is 5.19. The molecule has 0 saturated carbocycles. The molecule has 0 spiro atoms. The predicted octanol–water partition coefficient (Wildman–Crippen LogP) is 3.14. The number of sulfone groups is 1. The van der Waals surface area contributed by atoms with Crippen LogP contribution in [-0.2, 0) is 14.6 Å². The van der Waals surface area contributed by atoms with Crippen LogP contribution in [0, 0.1) is 5.82 Å². The van der Waals surface area contributed by atoms with E-state index in [1.165, 1.54) is 12.1 Å². The highest BCUT2D eigenvalue weighted by Gasteiger charge is 2.34. The Balaban J connectivity index is 2.09. The highest BCUT2D eigenvalue weighted by molar-refractivity contribution is 7.91. The number of carbonyl (C=O) groups excluding carboxylic acids is 1. The van der Waals surface area contributed by atoms with Crippen molar-refractivity contribution < 1.29 is 17.6 Å². The highest BCUT2D eigenvalue weighted by Crippen LogP contribution is 2.27. The zero-order chi connectivity index (χ0) is 17.7. The van der Waals surface area contributed by atoms with Gasteiger partial charge in [-0.2, -0.15) is 0 Å². The van der Waals surface area contributed by atoms with Crippen molar-refractivity contribution in [2.45, 2.75) is 51.5 Å². The summed E-state index contributed by atoms with van der Waals surface area (Å²) in [5.74, 6) is -0.0245. The van der Waals surface area contributed by atoms with Gasteiger partial charge >= 0.3 is 0 Å². The monoisotopic (exact) mass is 355 g/mol. The lowest BCUT2D eigenvalue weighted by Crippen LogP contribution is -2.41. The summed E-state index contributed by atoms with van der Waals surface area (Å²) in [4.78, 5) is 14.5. The molecule has 2 unspecified atom stereocenters. The Labute approximate surface area is 144 Å². The van der Waals surface area contributed by atoms with Gasteiger partial charge in [-0.15, -0.1) is 0 Å². The van der Waals surface area contributed by atoms with E-state index in [9.17, 15) is 17.6 Å². The normalized spacial score (nSPS) is 20.7. The van der Waals surface area contributed by atoms with Crippen molar-refractivity contribution in [1.29, 1.82) is 0 Å². The molecule has 6 heteroatoms. The molecule has 1 aromatic rings. The van der Waals surface area contributed by atoms with Gasteiger partial charge < -0.3 is 4.90 Å². The van der Waals surface area contributed by atoms with Crippen molar-refractivity contribution >= 4 is 15.7 Å². The predicted molar refractivity (Wildman–Crippen MR) is 93.1 cm³/mol. The molecule has 0 aromatic heterocycles. The number of nitrogens with zero attached hydrogens (tertiary/aromatic N) is 1. The third kappa shape index (κ3) is 4.79. The number of hydrogen-bond donors (Lipinski definition) is 0. The van der Waals surface area contributed by atoms with Gasteiger partial charge in [0.25, 0.3) is 0 Å². The lowest BCUT2D eigenvalue weighted by Gasteiger charge is -2.29. The Hall–Kier alpha value is -1.43. The van der Waals surface area contributed by atoms with Crippen molar-refractivity contribution in [2.24, 2.45) is 0 Å². The van der Waals surface area contributed by atoms with Crippen LogP contribution in [0.25, 0.3) is 0 Å². The maximum atomic E-state index is 13.1. The summed E-state index contributed by atoms with van der Waals surface area (Å²) < 4.78 is 36.5. The van der Waals surface area contributed by atoms with Crippen LogP contribution >= 0.6 is 0 Å². The van der Waals surface area contributed by atoms with E-state index in [0.29, 0.717) is 19.4 Å². The number of rotatable bonds is 7. The van der Waals surface area contributed by atoms with E-state index in [2.05, 4.69) is 6.92 Å². The Morgan fingerprint density at radius 1 is 1.29 bits per heavy atom. The van der Waals surface area contributed by atoms with Crippen LogP contribution in [0.5, 0.6) is 0 Å². The first-order valence-corrected chi connectivity index (χ1v) is 10.4. The van der Waals surface area contributed by atoms with Gasteiger partial charge in [0, 0.05) is 19.0 Å². The Morgan fingerprint density at radius 2 is 1.96 bits per heavy atom. The molecule has 0 radical (unpaired) electrons. The van der Waals surface area contributed by atoms with Gasteiger partial charge in [-0.3, -0.25) is 4.79 Å². The van der Waals surface area contributed by atoms with Gasteiger partial charge in [-0.05, 0) is 43.4 Å². The van der Waals surface area contributed by atoms with Crippen LogP contribution in [-0.4, -0.2) is 43.3 Å². The molecular formula is C18H26FNO3S. The van der Waals surface area contributed by atoms with Crippen LogP contribution in [0.3, 0.4) is 0 Å². The molecule has 0 bridgehead atoms. The molecule has 1 aliphatic heterocycles. The maximum Gasteiger partial charge on any atom is 0.223 e. The molecule has 2 atom stereocenters. The van der Waals surface area contributed by atoms with Gasteiger partial charge in [0.2, 0.25) is 5.91 Å². The average molecular weight is 355 g/mol. The van der Waals surface area contributed by atoms with E-state index < -0.39 is 9.84 Å². The third-order valence-corrected chi connectivity index (χ3v) is 6.46. The lowest BCUT2D eigenvalue weighted by molar-refractivity contribution is -0.133. The van der Waals surface area contributed by atoms with Gasteiger partial charge in [0.05, 0.1) is 11.5 Å². The van der Waals surface area contributed by atoms with E-state index in [1.54, 1.807) is 17.0 Å². The maximum absolute atomic E-state index is 13.1. The SMILES string of the molecule is CCCC(CC(=O)N(CC)C1CCS(=O)(=O)C1)c1ccc(F)cc1. The largest absolute Gasteiger partial charge is 0.339 e. The molecule has 1 saturated heterocycles. The number of amides is 1. The summed E-state index contributed by atoms with van der Waals surface area (Å²) in [5, 5.41) is 0.